The van der Waals surface area contributed by atoms with E-state index in [-0.39, 0.29) is 17.5 Å². The number of aryl methyl sites for hydroxylation is 1. The van der Waals surface area contributed by atoms with E-state index in [1.54, 1.807) is 6.92 Å². The Morgan fingerprint density at radius 2 is 1.90 bits per heavy atom. The van der Waals surface area contributed by atoms with Gasteiger partial charge in [0, 0.05) is 11.0 Å². The van der Waals surface area contributed by atoms with E-state index in [0.29, 0.717) is 5.57 Å². The molecule has 1 unspecified atom stereocenters. The number of hydrogen-bond acceptors (Lipinski definition) is 2. The van der Waals surface area contributed by atoms with Crippen LogP contribution in [-0.2, 0) is 16.0 Å². The van der Waals surface area contributed by atoms with Crippen LogP contribution in [-0.4, -0.2) is 5.97 Å². The minimum Gasteiger partial charge on any atom is -0.454 e. The SMILES string of the molecule is C=C(C)C(=O)OC1c2ccccc2CCCCC12CCC2. The van der Waals surface area contributed by atoms with Gasteiger partial charge in [0.1, 0.15) is 6.10 Å². The molecule has 1 aromatic rings. The number of carbonyl (C=O) groups excluding carboxylic acids is 1. The molecule has 0 radical (unpaired) electrons. The Balaban J connectivity index is 2.00. The second-order valence-corrected chi connectivity index (χ2v) is 6.69. The molecule has 2 aliphatic carbocycles. The summed E-state index contributed by atoms with van der Waals surface area (Å²) < 4.78 is 5.93. The van der Waals surface area contributed by atoms with Crippen molar-refractivity contribution in [1.29, 1.82) is 0 Å². The smallest absolute Gasteiger partial charge is 0.333 e. The van der Waals surface area contributed by atoms with Crippen LogP contribution in [0.15, 0.2) is 36.4 Å². The molecule has 2 nitrogen and oxygen atoms in total. The lowest BCUT2D eigenvalue weighted by Crippen LogP contribution is -2.39. The first-order valence-electron chi connectivity index (χ1n) is 8.07. The van der Waals surface area contributed by atoms with Crippen LogP contribution in [0.1, 0.15) is 62.7 Å². The van der Waals surface area contributed by atoms with Crippen LogP contribution in [0.2, 0.25) is 0 Å². The minimum atomic E-state index is -0.248. The van der Waals surface area contributed by atoms with Crippen LogP contribution in [0.3, 0.4) is 0 Å². The van der Waals surface area contributed by atoms with Crippen molar-refractivity contribution in [2.24, 2.45) is 5.41 Å². The van der Waals surface area contributed by atoms with Gasteiger partial charge in [0.25, 0.3) is 0 Å². The number of carbonyl (C=O) groups is 1. The van der Waals surface area contributed by atoms with Gasteiger partial charge >= 0.3 is 5.97 Å². The number of ether oxygens (including phenoxy) is 1. The van der Waals surface area contributed by atoms with Crippen LogP contribution in [0.25, 0.3) is 0 Å². The number of benzene rings is 1. The first-order chi connectivity index (χ1) is 10.1. The number of esters is 1. The number of rotatable bonds is 2. The van der Waals surface area contributed by atoms with Crippen LogP contribution >= 0.6 is 0 Å². The molecule has 0 aromatic heterocycles. The van der Waals surface area contributed by atoms with Crippen LogP contribution in [0, 0.1) is 5.41 Å². The molecule has 0 aliphatic heterocycles. The van der Waals surface area contributed by atoms with Gasteiger partial charge in [0.2, 0.25) is 0 Å². The van der Waals surface area contributed by atoms with Gasteiger partial charge in [-0.2, -0.15) is 0 Å². The van der Waals surface area contributed by atoms with Crippen molar-refractivity contribution in [2.75, 3.05) is 0 Å². The third-order valence-corrected chi connectivity index (χ3v) is 5.19. The zero-order valence-electron chi connectivity index (χ0n) is 12.9. The number of fused-ring (bicyclic) bond motifs is 1. The van der Waals surface area contributed by atoms with Crippen molar-refractivity contribution in [1.82, 2.24) is 0 Å². The average molecular weight is 284 g/mol. The highest BCUT2D eigenvalue weighted by Crippen LogP contribution is 2.56. The molecule has 1 saturated carbocycles. The lowest BCUT2D eigenvalue weighted by Gasteiger charge is -2.48. The van der Waals surface area contributed by atoms with Gasteiger partial charge in [-0.15, -0.1) is 0 Å². The van der Waals surface area contributed by atoms with Gasteiger partial charge < -0.3 is 4.74 Å². The summed E-state index contributed by atoms with van der Waals surface area (Å²) in [6.45, 7) is 5.46. The molecule has 0 heterocycles. The van der Waals surface area contributed by atoms with Gasteiger partial charge in [0.15, 0.2) is 0 Å². The summed E-state index contributed by atoms with van der Waals surface area (Å²) in [7, 11) is 0. The van der Waals surface area contributed by atoms with Gasteiger partial charge in [-0.3, -0.25) is 0 Å². The van der Waals surface area contributed by atoms with Crippen LogP contribution < -0.4 is 0 Å². The summed E-state index contributed by atoms with van der Waals surface area (Å²) in [6.07, 6.45) is 8.25. The summed E-state index contributed by atoms with van der Waals surface area (Å²) >= 11 is 0. The highest BCUT2D eigenvalue weighted by Gasteiger charge is 2.47. The Morgan fingerprint density at radius 1 is 1.19 bits per heavy atom. The molecule has 1 spiro atoms. The standard InChI is InChI=1S/C19H24O2/c1-14(2)18(20)21-17-16-10-4-3-8-15(16)9-5-6-11-19(17)12-7-13-19/h3-4,8,10,17H,1,5-7,9,11-13H2,2H3. The van der Waals surface area contributed by atoms with Gasteiger partial charge in [0.05, 0.1) is 0 Å². The van der Waals surface area contributed by atoms with E-state index in [0.717, 1.165) is 6.42 Å². The predicted molar refractivity (Wildman–Crippen MR) is 83.9 cm³/mol. The molecular formula is C19H24O2. The molecule has 3 rings (SSSR count). The molecule has 0 N–H and O–H groups in total. The topological polar surface area (TPSA) is 26.3 Å². The van der Waals surface area contributed by atoms with Crippen molar-refractivity contribution in [3.63, 3.8) is 0 Å². The van der Waals surface area contributed by atoms with Crippen LogP contribution in [0.5, 0.6) is 0 Å². The molecule has 21 heavy (non-hydrogen) atoms. The average Bonchev–Trinajstić information content (AvgIpc) is 2.41. The van der Waals surface area contributed by atoms with E-state index >= 15 is 0 Å². The second kappa shape index (κ2) is 5.67. The molecule has 0 saturated heterocycles. The van der Waals surface area contributed by atoms with Gasteiger partial charge in [-0.1, -0.05) is 43.7 Å². The summed E-state index contributed by atoms with van der Waals surface area (Å²) in [4.78, 5) is 12.1. The summed E-state index contributed by atoms with van der Waals surface area (Å²) in [6, 6.07) is 8.49. The van der Waals surface area contributed by atoms with Gasteiger partial charge in [-0.05, 0) is 50.2 Å². The monoisotopic (exact) mass is 284 g/mol. The van der Waals surface area contributed by atoms with Crippen molar-refractivity contribution in [2.45, 2.75) is 58.0 Å². The van der Waals surface area contributed by atoms with Gasteiger partial charge in [-0.25, -0.2) is 4.79 Å². The lowest BCUT2D eigenvalue weighted by molar-refractivity contribution is -0.159. The quantitative estimate of drug-likeness (QED) is 0.579. The zero-order chi connectivity index (χ0) is 14.9. The maximum atomic E-state index is 12.1. The molecule has 1 fully saturated rings. The molecule has 112 valence electrons. The van der Waals surface area contributed by atoms with Crippen LogP contribution in [0.4, 0.5) is 0 Å². The van der Waals surface area contributed by atoms with Crippen molar-refractivity contribution >= 4 is 5.97 Å². The molecule has 0 amide bonds. The Hall–Kier alpha value is -1.57. The normalized spacial score (nSPS) is 23.4. The third kappa shape index (κ3) is 2.64. The first kappa shape index (κ1) is 14.4. The fourth-order valence-electron chi connectivity index (χ4n) is 3.81. The summed E-state index contributed by atoms with van der Waals surface area (Å²) in [5.41, 5.74) is 3.24. The Morgan fingerprint density at radius 3 is 2.57 bits per heavy atom. The summed E-state index contributed by atoms with van der Waals surface area (Å²) in [5.74, 6) is -0.248. The van der Waals surface area contributed by atoms with E-state index in [4.69, 9.17) is 4.74 Å². The molecule has 0 bridgehead atoms. The second-order valence-electron chi connectivity index (χ2n) is 6.69. The highest BCUT2D eigenvalue weighted by atomic mass is 16.5. The zero-order valence-corrected chi connectivity index (χ0v) is 12.9. The highest BCUT2D eigenvalue weighted by molar-refractivity contribution is 5.87. The third-order valence-electron chi connectivity index (χ3n) is 5.19. The van der Waals surface area contributed by atoms with E-state index < -0.39 is 0 Å². The molecular weight excluding hydrogens is 260 g/mol. The minimum absolute atomic E-state index is 0.0908. The molecule has 1 aromatic carbocycles. The largest absolute Gasteiger partial charge is 0.454 e. The van der Waals surface area contributed by atoms with Crippen molar-refractivity contribution in [3.8, 4) is 0 Å². The molecule has 2 heteroatoms. The summed E-state index contributed by atoms with van der Waals surface area (Å²) in [5, 5.41) is 0. The fraction of sp³-hybridized carbons (Fsp3) is 0.526. The van der Waals surface area contributed by atoms with Crippen molar-refractivity contribution < 1.29 is 9.53 Å². The lowest BCUT2D eigenvalue weighted by atomic mass is 9.59. The molecule has 2 aliphatic rings. The molecule has 1 atom stereocenters. The van der Waals surface area contributed by atoms with E-state index in [9.17, 15) is 4.79 Å². The number of hydrogen-bond donors (Lipinski definition) is 0. The van der Waals surface area contributed by atoms with Crippen molar-refractivity contribution in [3.05, 3.63) is 47.5 Å². The Labute approximate surface area is 127 Å². The predicted octanol–water partition coefficient (Wildman–Crippen LogP) is 4.74. The Kier molecular flexibility index (Phi) is 3.88. The first-order valence-corrected chi connectivity index (χ1v) is 8.07. The van der Waals surface area contributed by atoms with E-state index in [1.165, 1.54) is 49.7 Å². The van der Waals surface area contributed by atoms with E-state index in [2.05, 4.69) is 30.8 Å². The fourth-order valence-corrected chi connectivity index (χ4v) is 3.81. The maximum Gasteiger partial charge on any atom is 0.333 e. The van der Waals surface area contributed by atoms with E-state index in [1.807, 2.05) is 0 Å². The Bertz CT molecular complexity index is 554. The maximum absolute atomic E-state index is 12.1.